The summed E-state index contributed by atoms with van der Waals surface area (Å²) in [5, 5.41) is 7.14. The van der Waals surface area contributed by atoms with E-state index in [-0.39, 0.29) is 5.91 Å². The zero-order valence-corrected chi connectivity index (χ0v) is 12.4. The number of carbonyl (C=O) groups is 1. The Balaban J connectivity index is 2.06. The second-order valence-corrected chi connectivity index (χ2v) is 4.41. The highest BCUT2D eigenvalue weighted by molar-refractivity contribution is 5.97. The van der Waals surface area contributed by atoms with Gasteiger partial charge in [0.1, 0.15) is 11.5 Å². The average molecular weight is 289 g/mol. The Hall–Kier alpha value is -2.50. The van der Waals surface area contributed by atoms with Gasteiger partial charge in [0, 0.05) is 18.8 Å². The minimum atomic E-state index is -0.208. The number of aromatic nitrogens is 2. The summed E-state index contributed by atoms with van der Waals surface area (Å²) in [7, 11) is 3.09. The molecule has 112 valence electrons. The minimum Gasteiger partial charge on any atom is -0.497 e. The van der Waals surface area contributed by atoms with E-state index in [1.165, 1.54) is 7.11 Å². The molecule has 0 atom stereocenters. The predicted molar refractivity (Wildman–Crippen MR) is 78.6 cm³/mol. The number of ether oxygens (including phenoxy) is 2. The van der Waals surface area contributed by atoms with Gasteiger partial charge in [-0.15, -0.1) is 0 Å². The molecule has 2 aromatic rings. The summed E-state index contributed by atoms with van der Waals surface area (Å²) in [5.74, 6) is 0.913. The molecule has 1 amide bonds. The number of rotatable bonds is 6. The second-order valence-electron chi connectivity index (χ2n) is 4.41. The van der Waals surface area contributed by atoms with E-state index in [9.17, 15) is 4.79 Å². The maximum Gasteiger partial charge on any atom is 0.255 e. The number of hydrogen-bond acceptors (Lipinski definition) is 4. The lowest BCUT2D eigenvalue weighted by molar-refractivity contribution is 0.0947. The van der Waals surface area contributed by atoms with Crippen LogP contribution in [0, 0.1) is 0 Å². The molecule has 1 aromatic heterocycles. The third-order valence-corrected chi connectivity index (χ3v) is 3.10. The maximum atomic E-state index is 12.2. The van der Waals surface area contributed by atoms with Crippen molar-refractivity contribution in [1.82, 2.24) is 15.1 Å². The molecule has 0 saturated heterocycles. The Morgan fingerprint density at radius 3 is 2.71 bits per heavy atom. The van der Waals surface area contributed by atoms with Gasteiger partial charge in [-0.25, -0.2) is 0 Å². The number of methoxy groups -OCH3 is 2. The van der Waals surface area contributed by atoms with Crippen LogP contribution < -0.4 is 14.8 Å². The van der Waals surface area contributed by atoms with Crippen molar-refractivity contribution in [3.63, 3.8) is 0 Å². The van der Waals surface area contributed by atoms with Crippen LogP contribution in [0.2, 0.25) is 0 Å². The molecule has 1 aromatic carbocycles. The van der Waals surface area contributed by atoms with Crippen molar-refractivity contribution in [3.8, 4) is 11.5 Å². The fraction of sp³-hybridized carbons (Fsp3) is 0.333. The molecule has 0 fully saturated rings. The van der Waals surface area contributed by atoms with E-state index >= 15 is 0 Å². The van der Waals surface area contributed by atoms with E-state index in [1.807, 2.05) is 23.9 Å². The molecular weight excluding hydrogens is 270 g/mol. The molecule has 0 aliphatic rings. The molecule has 0 unspecified atom stereocenters. The van der Waals surface area contributed by atoms with Gasteiger partial charge >= 0.3 is 0 Å². The summed E-state index contributed by atoms with van der Waals surface area (Å²) in [6, 6.07) is 6.97. The third-order valence-electron chi connectivity index (χ3n) is 3.10. The monoisotopic (exact) mass is 289 g/mol. The molecular formula is C15H19N3O3. The van der Waals surface area contributed by atoms with Crippen LogP contribution >= 0.6 is 0 Å². The molecule has 1 N–H and O–H groups in total. The Bertz CT molecular complexity index is 622. The smallest absolute Gasteiger partial charge is 0.255 e. The van der Waals surface area contributed by atoms with Gasteiger partial charge in [-0.3, -0.25) is 9.48 Å². The van der Waals surface area contributed by atoms with Crippen LogP contribution in [0.15, 0.2) is 30.5 Å². The van der Waals surface area contributed by atoms with Crippen molar-refractivity contribution >= 4 is 5.91 Å². The van der Waals surface area contributed by atoms with E-state index in [4.69, 9.17) is 9.47 Å². The van der Waals surface area contributed by atoms with Crippen LogP contribution in [0.25, 0.3) is 0 Å². The first-order chi connectivity index (χ1) is 10.2. The quantitative estimate of drug-likeness (QED) is 0.881. The fourth-order valence-corrected chi connectivity index (χ4v) is 1.93. The number of aryl methyl sites for hydroxylation is 1. The number of amides is 1. The van der Waals surface area contributed by atoms with Crippen LogP contribution in [0.3, 0.4) is 0 Å². The Labute approximate surface area is 123 Å². The first-order valence-corrected chi connectivity index (χ1v) is 6.70. The Morgan fingerprint density at radius 2 is 2.10 bits per heavy atom. The fourth-order valence-electron chi connectivity index (χ4n) is 1.93. The second kappa shape index (κ2) is 6.78. The minimum absolute atomic E-state index is 0.208. The molecule has 0 aliphatic heterocycles. The molecule has 6 nitrogen and oxygen atoms in total. The highest BCUT2D eigenvalue weighted by Gasteiger charge is 2.13. The van der Waals surface area contributed by atoms with Crippen molar-refractivity contribution in [3.05, 3.63) is 41.7 Å². The summed E-state index contributed by atoms with van der Waals surface area (Å²) in [6.07, 6.45) is 1.88. The highest BCUT2D eigenvalue weighted by Crippen LogP contribution is 2.24. The maximum absolute atomic E-state index is 12.2. The third kappa shape index (κ3) is 3.53. The SMILES string of the molecule is CCn1ccc(CNC(=O)c2ccc(OC)cc2OC)n1. The zero-order chi connectivity index (χ0) is 15.2. The predicted octanol–water partition coefficient (Wildman–Crippen LogP) is 1.85. The van der Waals surface area contributed by atoms with Gasteiger partial charge in [0.15, 0.2) is 0 Å². The number of benzene rings is 1. The summed E-state index contributed by atoms with van der Waals surface area (Å²) < 4.78 is 12.1. The molecule has 0 spiro atoms. The summed E-state index contributed by atoms with van der Waals surface area (Å²) in [6.45, 7) is 3.19. The van der Waals surface area contributed by atoms with Crippen LogP contribution in [0.4, 0.5) is 0 Å². The topological polar surface area (TPSA) is 65.4 Å². The van der Waals surface area contributed by atoms with Gasteiger partial charge in [-0.05, 0) is 25.1 Å². The summed E-state index contributed by atoms with van der Waals surface area (Å²) >= 11 is 0. The van der Waals surface area contributed by atoms with Crippen molar-refractivity contribution < 1.29 is 14.3 Å². The van der Waals surface area contributed by atoms with Crippen molar-refractivity contribution in [2.75, 3.05) is 14.2 Å². The lowest BCUT2D eigenvalue weighted by atomic mass is 10.1. The van der Waals surface area contributed by atoms with E-state index in [0.29, 0.717) is 23.6 Å². The summed E-state index contributed by atoms with van der Waals surface area (Å²) in [4.78, 5) is 12.2. The molecule has 1 heterocycles. The van der Waals surface area contributed by atoms with Gasteiger partial charge in [-0.2, -0.15) is 5.10 Å². The van der Waals surface area contributed by atoms with Crippen molar-refractivity contribution in [2.45, 2.75) is 20.0 Å². The Kier molecular flexibility index (Phi) is 4.81. The number of nitrogens with zero attached hydrogens (tertiary/aromatic N) is 2. The standard InChI is InChI=1S/C15H19N3O3/c1-4-18-8-7-11(17-18)10-16-15(19)13-6-5-12(20-2)9-14(13)21-3/h5-9H,4,10H2,1-3H3,(H,16,19). The number of hydrogen-bond donors (Lipinski definition) is 1. The molecule has 2 rings (SSSR count). The summed E-state index contributed by atoms with van der Waals surface area (Å²) in [5.41, 5.74) is 1.28. The van der Waals surface area contributed by atoms with Gasteiger partial charge in [-0.1, -0.05) is 0 Å². The van der Waals surface area contributed by atoms with Crippen LogP contribution in [0.1, 0.15) is 23.0 Å². The van der Waals surface area contributed by atoms with Crippen molar-refractivity contribution in [2.24, 2.45) is 0 Å². The van der Waals surface area contributed by atoms with Gasteiger partial charge in [0.25, 0.3) is 5.91 Å². The van der Waals surface area contributed by atoms with E-state index < -0.39 is 0 Å². The zero-order valence-electron chi connectivity index (χ0n) is 12.4. The molecule has 6 heteroatoms. The number of nitrogens with one attached hydrogen (secondary N) is 1. The molecule has 0 radical (unpaired) electrons. The molecule has 21 heavy (non-hydrogen) atoms. The van der Waals surface area contributed by atoms with Crippen LogP contribution in [-0.4, -0.2) is 29.9 Å². The normalized spacial score (nSPS) is 10.2. The van der Waals surface area contributed by atoms with Gasteiger partial charge < -0.3 is 14.8 Å². The number of carbonyl (C=O) groups excluding carboxylic acids is 1. The van der Waals surface area contributed by atoms with Gasteiger partial charge in [0.05, 0.1) is 32.0 Å². The van der Waals surface area contributed by atoms with Gasteiger partial charge in [0.2, 0.25) is 0 Å². The Morgan fingerprint density at radius 1 is 1.29 bits per heavy atom. The van der Waals surface area contributed by atoms with E-state index in [1.54, 1.807) is 25.3 Å². The average Bonchev–Trinajstić information content (AvgIpc) is 3.00. The lowest BCUT2D eigenvalue weighted by Crippen LogP contribution is -2.23. The first-order valence-electron chi connectivity index (χ1n) is 6.70. The van der Waals surface area contributed by atoms with E-state index in [2.05, 4.69) is 10.4 Å². The van der Waals surface area contributed by atoms with Crippen LogP contribution in [-0.2, 0) is 13.1 Å². The van der Waals surface area contributed by atoms with Crippen LogP contribution in [0.5, 0.6) is 11.5 Å². The molecule has 0 saturated carbocycles. The lowest BCUT2D eigenvalue weighted by Gasteiger charge is -2.10. The van der Waals surface area contributed by atoms with Crippen molar-refractivity contribution in [1.29, 1.82) is 0 Å². The first kappa shape index (κ1) is 14.9. The van der Waals surface area contributed by atoms with E-state index in [0.717, 1.165) is 12.2 Å². The molecule has 0 aliphatic carbocycles. The largest absolute Gasteiger partial charge is 0.497 e. The molecule has 0 bridgehead atoms. The highest BCUT2D eigenvalue weighted by atomic mass is 16.5.